The Morgan fingerprint density at radius 2 is 1.56 bits per heavy atom. The summed E-state index contributed by atoms with van der Waals surface area (Å²) < 4.78 is 12.1. The normalized spacial score (nSPS) is 13.1. The first-order valence-electron chi connectivity index (χ1n) is 13.9. The van der Waals surface area contributed by atoms with E-state index in [2.05, 4.69) is 5.32 Å². The van der Waals surface area contributed by atoms with Gasteiger partial charge in [-0.25, -0.2) is 9.59 Å². The Hall–Kier alpha value is -4.24. The molecule has 1 aliphatic rings. The zero-order valence-electron chi connectivity index (χ0n) is 23.2. The number of amides is 1. The number of hydrogen-bond donors (Lipinski definition) is 1. The molecule has 41 heavy (non-hydrogen) atoms. The summed E-state index contributed by atoms with van der Waals surface area (Å²) >= 11 is 1.38. The van der Waals surface area contributed by atoms with Crippen molar-refractivity contribution in [1.29, 1.82) is 0 Å². The molecule has 0 bridgehead atoms. The lowest BCUT2D eigenvalue weighted by molar-refractivity contribution is -0.119. The number of nitrogens with one attached hydrogen (secondary N) is 1. The predicted molar refractivity (Wildman–Crippen MR) is 160 cm³/mol. The number of thiophene rings is 1. The van der Waals surface area contributed by atoms with E-state index < -0.39 is 24.5 Å². The van der Waals surface area contributed by atoms with E-state index in [1.54, 1.807) is 25.1 Å². The number of esters is 2. The average molecular weight is 573 g/mol. The fourth-order valence-electron chi connectivity index (χ4n) is 5.39. The fraction of sp³-hybridized carbons (Fsp3) is 0.312. The molecule has 0 atom stereocenters. The van der Waals surface area contributed by atoms with Crippen molar-refractivity contribution in [2.75, 3.05) is 18.5 Å². The Balaban J connectivity index is 1.43. The van der Waals surface area contributed by atoms with Crippen LogP contribution in [0.2, 0.25) is 0 Å². The van der Waals surface area contributed by atoms with Crippen LogP contribution in [0.5, 0.6) is 0 Å². The molecule has 4 aromatic rings. The molecule has 8 nitrogen and oxygen atoms in total. The number of pyridine rings is 1. The first-order valence-corrected chi connectivity index (χ1v) is 14.7. The number of carbonyl (C=O) groups is 3. The molecule has 9 heteroatoms. The van der Waals surface area contributed by atoms with E-state index >= 15 is 0 Å². The van der Waals surface area contributed by atoms with E-state index in [4.69, 9.17) is 9.47 Å². The van der Waals surface area contributed by atoms with Crippen molar-refractivity contribution in [3.63, 3.8) is 0 Å². The molecule has 0 spiro atoms. The molecule has 1 aliphatic carbocycles. The van der Waals surface area contributed by atoms with Crippen LogP contribution in [-0.4, -0.2) is 35.6 Å². The van der Waals surface area contributed by atoms with Crippen molar-refractivity contribution in [2.45, 2.75) is 45.4 Å². The number of hydrogen-bond acceptors (Lipinski definition) is 7. The second-order valence-electron chi connectivity index (χ2n) is 9.97. The van der Waals surface area contributed by atoms with Crippen LogP contribution >= 0.6 is 11.3 Å². The molecule has 0 radical (unpaired) electrons. The second-order valence-corrected chi connectivity index (χ2v) is 11.1. The predicted octanol–water partition coefficient (Wildman–Crippen LogP) is 5.90. The summed E-state index contributed by atoms with van der Waals surface area (Å²) in [5.41, 5.74) is 2.35. The number of fused-ring (bicyclic) bond motifs is 2. The number of anilines is 1. The highest BCUT2D eigenvalue weighted by atomic mass is 32.1. The van der Waals surface area contributed by atoms with Gasteiger partial charge < -0.3 is 19.4 Å². The fourth-order valence-corrected chi connectivity index (χ4v) is 6.68. The summed E-state index contributed by atoms with van der Waals surface area (Å²) in [6.45, 7) is 1.39. The molecule has 2 aromatic carbocycles. The number of rotatable bonds is 7. The monoisotopic (exact) mass is 572 g/mol. The van der Waals surface area contributed by atoms with Crippen LogP contribution in [0.15, 0.2) is 59.4 Å². The minimum Gasteiger partial charge on any atom is -0.462 e. The minimum absolute atomic E-state index is 0.0546. The van der Waals surface area contributed by atoms with Crippen molar-refractivity contribution in [3.05, 3.63) is 86.6 Å². The van der Waals surface area contributed by atoms with Crippen LogP contribution in [0.1, 0.15) is 63.9 Å². The van der Waals surface area contributed by atoms with Crippen molar-refractivity contribution in [1.82, 2.24) is 4.57 Å². The Morgan fingerprint density at radius 1 is 0.878 bits per heavy atom. The summed E-state index contributed by atoms with van der Waals surface area (Å²) in [5.74, 6) is -1.84. The van der Waals surface area contributed by atoms with E-state index in [9.17, 15) is 19.2 Å². The molecule has 0 fully saturated rings. The van der Waals surface area contributed by atoms with E-state index in [-0.39, 0.29) is 17.9 Å². The molecule has 0 unspecified atom stereocenters. The number of aryl methyl sites for hydroxylation is 1. The lowest BCUT2D eigenvalue weighted by atomic mass is 9.96. The van der Waals surface area contributed by atoms with E-state index in [0.29, 0.717) is 26.9 Å². The quantitative estimate of drug-likeness (QED) is 0.277. The van der Waals surface area contributed by atoms with Gasteiger partial charge in [-0.05, 0) is 55.2 Å². The Bertz CT molecular complexity index is 1670. The maximum absolute atomic E-state index is 13.5. The van der Waals surface area contributed by atoms with Crippen molar-refractivity contribution < 1.29 is 23.9 Å². The summed E-state index contributed by atoms with van der Waals surface area (Å²) in [5, 5.41) is 4.30. The highest BCUT2D eigenvalue weighted by Crippen LogP contribution is 2.38. The Morgan fingerprint density at radius 3 is 2.29 bits per heavy atom. The van der Waals surface area contributed by atoms with E-state index in [1.807, 2.05) is 36.4 Å². The van der Waals surface area contributed by atoms with Crippen LogP contribution in [0.3, 0.4) is 0 Å². The lowest BCUT2D eigenvalue weighted by Gasteiger charge is -2.16. The van der Waals surface area contributed by atoms with Gasteiger partial charge >= 0.3 is 11.9 Å². The highest BCUT2D eigenvalue weighted by Gasteiger charge is 2.27. The largest absolute Gasteiger partial charge is 0.462 e. The SMILES string of the molecule is CCOC(=O)c1c(NC(=O)COC(=O)c2c(-c3ccccc3)c3ccccc3c(=O)n2C)sc2c1CCCCCC2. The summed E-state index contributed by atoms with van der Waals surface area (Å²) in [6.07, 6.45) is 5.81. The second kappa shape index (κ2) is 12.5. The molecule has 0 aliphatic heterocycles. The lowest BCUT2D eigenvalue weighted by Crippen LogP contribution is -2.28. The third kappa shape index (κ3) is 5.81. The van der Waals surface area contributed by atoms with Crippen molar-refractivity contribution >= 4 is 45.0 Å². The molecule has 2 aromatic heterocycles. The van der Waals surface area contributed by atoms with Crippen LogP contribution in [0.25, 0.3) is 21.9 Å². The third-order valence-corrected chi connectivity index (χ3v) is 8.50. The smallest absolute Gasteiger partial charge is 0.356 e. The van der Waals surface area contributed by atoms with Crippen molar-refractivity contribution in [2.24, 2.45) is 7.05 Å². The molecule has 212 valence electrons. The molecule has 1 N–H and O–H groups in total. The van der Waals surface area contributed by atoms with Crippen LogP contribution in [-0.2, 0) is 34.2 Å². The van der Waals surface area contributed by atoms with Crippen LogP contribution < -0.4 is 10.9 Å². The molecule has 5 rings (SSSR count). The maximum Gasteiger partial charge on any atom is 0.356 e. The molecule has 0 saturated carbocycles. The van der Waals surface area contributed by atoms with Crippen LogP contribution in [0.4, 0.5) is 5.00 Å². The Kier molecular flexibility index (Phi) is 8.64. The van der Waals surface area contributed by atoms with Gasteiger partial charge in [0.2, 0.25) is 0 Å². The zero-order chi connectivity index (χ0) is 28.9. The third-order valence-electron chi connectivity index (χ3n) is 7.30. The summed E-state index contributed by atoms with van der Waals surface area (Å²) in [6, 6.07) is 16.4. The number of carbonyl (C=O) groups excluding carboxylic acids is 3. The van der Waals surface area contributed by atoms with Crippen molar-refractivity contribution in [3.8, 4) is 11.1 Å². The molecular formula is C32H32N2O6S. The number of nitrogens with zero attached hydrogens (tertiary/aromatic N) is 1. The maximum atomic E-state index is 13.5. The van der Waals surface area contributed by atoms with Gasteiger partial charge in [-0.1, -0.05) is 61.4 Å². The molecular weight excluding hydrogens is 540 g/mol. The molecule has 2 heterocycles. The van der Waals surface area contributed by atoms with Crippen LogP contribution in [0, 0.1) is 0 Å². The van der Waals surface area contributed by atoms with Gasteiger partial charge in [0.15, 0.2) is 6.61 Å². The molecule has 1 amide bonds. The highest BCUT2D eigenvalue weighted by molar-refractivity contribution is 7.17. The topological polar surface area (TPSA) is 104 Å². The van der Waals surface area contributed by atoms with Gasteiger partial charge in [0, 0.05) is 22.9 Å². The standard InChI is InChI=1S/C32H32N2O6S/c1-3-39-31(37)27-23-17-9-4-5-10-18-24(23)41-29(27)33-25(35)19-40-32(38)28-26(20-13-7-6-8-14-20)21-15-11-12-16-22(21)30(36)34(28)2/h6-8,11-16H,3-5,9-10,17-19H2,1-2H3,(H,33,35). The van der Waals surface area contributed by atoms with Gasteiger partial charge in [0.25, 0.3) is 11.5 Å². The number of ether oxygens (including phenoxy) is 2. The first kappa shape index (κ1) is 28.3. The van der Waals surface area contributed by atoms with Gasteiger partial charge in [-0.15, -0.1) is 11.3 Å². The summed E-state index contributed by atoms with van der Waals surface area (Å²) in [4.78, 5) is 53.6. The number of benzene rings is 2. The van der Waals surface area contributed by atoms with E-state index in [1.165, 1.54) is 23.0 Å². The van der Waals surface area contributed by atoms with E-state index in [0.717, 1.165) is 54.5 Å². The Labute approximate surface area is 241 Å². The summed E-state index contributed by atoms with van der Waals surface area (Å²) in [7, 11) is 1.52. The first-order chi connectivity index (χ1) is 19.9. The minimum atomic E-state index is -0.798. The van der Waals surface area contributed by atoms with Gasteiger partial charge in [-0.2, -0.15) is 0 Å². The molecule has 0 saturated heterocycles. The van der Waals surface area contributed by atoms with Gasteiger partial charge in [-0.3, -0.25) is 9.59 Å². The average Bonchev–Trinajstić information content (AvgIpc) is 3.29. The van der Waals surface area contributed by atoms with Gasteiger partial charge in [0.05, 0.1) is 12.2 Å². The number of aromatic nitrogens is 1. The zero-order valence-corrected chi connectivity index (χ0v) is 24.0. The van der Waals surface area contributed by atoms with Gasteiger partial charge in [0.1, 0.15) is 10.7 Å².